The molecule has 5 heterocycles. The summed E-state index contributed by atoms with van der Waals surface area (Å²) in [6.45, 7) is 13.7. The molecule has 0 spiro atoms. The van der Waals surface area contributed by atoms with E-state index in [1.807, 2.05) is 47.2 Å². The number of hydrogen-bond donors (Lipinski definition) is 0. The highest BCUT2D eigenvalue weighted by molar-refractivity contribution is 7.27. The monoisotopic (exact) mass is 1280 g/mol. The van der Waals surface area contributed by atoms with Gasteiger partial charge in [-0.25, -0.2) is 0 Å². The second-order valence-electron chi connectivity index (χ2n) is 27.6. The van der Waals surface area contributed by atoms with Crippen molar-refractivity contribution < 1.29 is 4.42 Å². The molecule has 18 aromatic rings. The van der Waals surface area contributed by atoms with Gasteiger partial charge in [-0.05, 0) is 144 Å². The number of para-hydroxylation sites is 3. The quantitative estimate of drug-likeness (QED) is 0.128. The molecule has 0 saturated heterocycles. The van der Waals surface area contributed by atoms with E-state index < -0.39 is 0 Å². The Morgan fingerprint density at radius 3 is 1.22 bits per heavy atom. The van der Waals surface area contributed by atoms with Gasteiger partial charge in [0.2, 0.25) is 0 Å². The molecule has 5 aromatic heterocycles. The Bertz CT molecular complexity index is 6150. The topological polar surface area (TPSA) is 45.4 Å². The summed E-state index contributed by atoms with van der Waals surface area (Å²) >= 11 is 3.68. The molecule has 7 heteroatoms. The molecular weight excluding hydrogens is 1220 g/mol. The van der Waals surface area contributed by atoms with Crippen LogP contribution in [0.2, 0.25) is 0 Å². The van der Waals surface area contributed by atoms with Gasteiger partial charge in [0.15, 0.2) is 5.58 Å². The lowest BCUT2D eigenvalue weighted by Crippen LogP contribution is -2.12. The highest BCUT2D eigenvalue weighted by Gasteiger charge is 2.28. The molecule has 97 heavy (non-hydrogen) atoms. The minimum atomic E-state index is 0.00953. The number of thiophene rings is 2. The first kappa shape index (κ1) is 58.4. The van der Waals surface area contributed by atoms with Gasteiger partial charge in [-0.1, -0.05) is 242 Å². The van der Waals surface area contributed by atoms with Crippen molar-refractivity contribution in [2.24, 2.45) is 0 Å². The predicted molar refractivity (Wildman–Crippen MR) is 416 cm³/mol. The number of nitrogens with zero attached hydrogens (tertiary/aromatic N) is 4. The minimum absolute atomic E-state index is 0.00953. The maximum Gasteiger partial charge on any atom is 0.159 e. The number of pyridine rings is 2. The fraction of sp³-hybridized carbons (Fsp3) is 0.0889. The van der Waals surface area contributed by atoms with Gasteiger partial charge in [-0.3, -0.25) is 9.97 Å². The van der Waals surface area contributed by atoms with Crippen molar-refractivity contribution in [3.8, 4) is 44.8 Å². The largest absolute Gasteiger partial charge is 0.454 e. The van der Waals surface area contributed by atoms with E-state index in [1.165, 1.54) is 67.6 Å². The van der Waals surface area contributed by atoms with Gasteiger partial charge < -0.3 is 14.2 Å². The molecule has 464 valence electrons. The lowest BCUT2D eigenvalue weighted by molar-refractivity contribution is 0.590. The summed E-state index contributed by atoms with van der Waals surface area (Å²) < 4.78 is 12.3. The lowest BCUT2D eigenvalue weighted by Gasteiger charge is -2.29. The molecule has 13 aromatic carbocycles. The highest BCUT2D eigenvalue weighted by Crippen LogP contribution is 2.54. The van der Waals surface area contributed by atoms with Crippen molar-refractivity contribution in [2.75, 3.05) is 9.80 Å². The third kappa shape index (κ3) is 9.70. The fourth-order valence-corrected chi connectivity index (χ4v) is 17.5. The maximum absolute atomic E-state index is 7.53. The van der Waals surface area contributed by atoms with Gasteiger partial charge in [-0.2, -0.15) is 0 Å². The van der Waals surface area contributed by atoms with Crippen LogP contribution in [-0.4, -0.2) is 9.97 Å². The van der Waals surface area contributed by atoms with Crippen molar-refractivity contribution >= 4 is 151 Å². The summed E-state index contributed by atoms with van der Waals surface area (Å²) in [5, 5.41) is 14.0. The molecule has 0 fully saturated rings. The maximum atomic E-state index is 7.53. The molecule has 0 bridgehead atoms. The summed E-state index contributed by atoms with van der Waals surface area (Å²) in [7, 11) is 0. The second-order valence-corrected chi connectivity index (χ2v) is 29.6. The standard InChI is InChI=1S/C90H66N4OS2/c1-89(2,3)57-44-40-55(41-45-57)60-22-9-11-35-78(60)93(81-38-20-29-68-66-27-17-31-70(85(66)96-87(68)81)76-33-13-15-50-91-76)59-48-49-64-72(52-59)62-24-7-8-25-63(62)73-53-75-65-26-19-37-80(84(65)95-83(75)54-74(64)73)94(79-36-12-10-23-61(79)56-42-46-58(47-43-56)90(4,5)6)82-39-21-30-69-67-28-18-32-71(86(67)97-88(69)82)77-34-14-16-51-92-77/h7-54H,1-6H3. The van der Waals surface area contributed by atoms with Crippen molar-refractivity contribution in [2.45, 2.75) is 52.4 Å². The Hall–Kier alpha value is -11.2. The van der Waals surface area contributed by atoms with Gasteiger partial charge >= 0.3 is 0 Å². The lowest BCUT2D eigenvalue weighted by atomic mass is 9.86. The van der Waals surface area contributed by atoms with E-state index in [0.717, 1.165) is 117 Å². The Morgan fingerprint density at radius 2 is 0.691 bits per heavy atom. The van der Waals surface area contributed by atoms with Crippen LogP contribution in [0.4, 0.5) is 34.1 Å². The Morgan fingerprint density at radius 1 is 0.289 bits per heavy atom. The van der Waals surface area contributed by atoms with Crippen LogP contribution >= 0.6 is 22.7 Å². The number of furan rings is 1. The number of anilines is 6. The van der Waals surface area contributed by atoms with Crippen molar-refractivity contribution in [3.63, 3.8) is 0 Å². The zero-order valence-electron chi connectivity index (χ0n) is 54.7. The molecule has 18 rings (SSSR count). The van der Waals surface area contributed by atoms with Gasteiger partial charge in [-0.15, -0.1) is 22.7 Å². The Balaban J connectivity index is 0.853. The molecule has 0 aliphatic rings. The number of rotatable bonds is 10. The van der Waals surface area contributed by atoms with Crippen LogP contribution < -0.4 is 9.80 Å². The summed E-state index contributed by atoms with van der Waals surface area (Å²) in [5.41, 5.74) is 19.4. The molecular formula is C90H66N4OS2. The molecule has 0 aliphatic carbocycles. The van der Waals surface area contributed by atoms with E-state index in [0.29, 0.717) is 0 Å². The molecule has 5 nitrogen and oxygen atoms in total. The van der Waals surface area contributed by atoms with Crippen LogP contribution in [0.15, 0.2) is 296 Å². The van der Waals surface area contributed by atoms with Crippen molar-refractivity contribution in [3.05, 3.63) is 303 Å². The zero-order chi connectivity index (χ0) is 65.3. The third-order valence-corrected chi connectivity index (χ3v) is 22.3. The van der Waals surface area contributed by atoms with E-state index in [1.54, 1.807) is 0 Å². The number of fused-ring (bicyclic) bond motifs is 15. The number of hydrogen-bond acceptors (Lipinski definition) is 7. The minimum Gasteiger partial charge on any atom is -0.454 e. The third-order valence-electron chi connectivity index (χ3n) is 19.7. The van der Waals surface area contributed by atoms with Crippen LogP contribution in [0.3, 0.4) is 0 Å². The van der Waals surface area contributed by atoms with Gasteiger partial charge in [0.25, 0.3) is 0 Å². The highest BCUT2D eigenvalue weighted by atomic mass is 32.1. The normalized spacial score (nSPS) is 12.2. The fourth-order valence-electron chi connectivity index (χ4n) is 14.9. The Kier molecular flexibility index (Phi) is 13.7. The summed E-state index contributed by atoms with van der Waals surface area (Å²) in [6, 6.07) is 103. The first-order chi connectivity index (χ1) is 47.4. The van der Waals surface area contributed by atoms with Gasteiger partial charge in [0.05, 0.1) is 49.2 Å². The van der Waals surface area contributed by atoms with Crippen molar-refractivity contribution in [1.29, 1.82) is 0 Å². The van der Waals surface area contributed by atoms with Crippen molar-refractivity contribution in [1.82, 2.24) is 9.97 Å². The molecule has 0 atom stereocenters. The van der Waals surface area contributed by atoms with E-state index >= 15 is 0 Å². The smallest absolute Gasteiger partial charge is 0.159 e. The SMILES string of the molecule is CC(C)(C)c1ccc(-c2ccccc2N(c2ccc3c(c2)c2ccccc2c2cc4c(cc32)oc2c(N(c3ccccc3-c3ccc(C(C)(C)C)cc3)c3cccc5c3sc3c(-c6ccccn6)cccc35)cccc24)c2cccc3c2sc2c(-c4ccccn4)cccc23)cc1. The van der Waals surface area contributed by atoms with Crippen LogP contribution in [0.1, 0.15) is 52.7 Å². The second kappa shape index (κ2) is 22.7. The molecule has 0 N–H and O–H groups in total. The molecule has 0 unspecified atom stereocenters. The first-order valence-corrected chi connectivity index (χ1v) is 35.0. The molecule has 0 radical (unpaired) electrons. The van der Waals surface area contributed by atoms with E-state index in [4.69, 9.17) is 14.4 Å². The van der Waals surface area contributed by atoms with Crippen LogP contribution in [0.25, 0.3) is 139 Å². The number of benzene rings is 13. The molecule has 0 amide bonds. The van der Waals surface area contributed by atoms with Crippen LogP contribution in [0.5, 0.6) is 0 Å². The summed E-state index contributed by atoms with van der Waals surface area (Å²) in [4.78, 5) is 14.7. The van der Waals surface area contributed by atoms with Crippen LogP contribution in [0, 0.1) is 0 Å². The first-order valence-electron chi connectivity index (χ1n) is 33.3. The Labute approximate surface area is 571 Å². The summed E-state index contributed by atoms with van der Waals surface area (Å²) in [5.74, 6) is 0. The molecule has 0 saturated carbocycles. The van der Waals surface area contributed by atoms with Gasteiger partial charge in [0, 0.05) is 82.1 Å². The summed E-state index contributed by atoms with van der Waals surface area (Å²) in [6.07, 6.45) is 3.77. The van der Waals surface area contributed by atoms with Gasteiger partial charge in [0.1, 0.15) is 5.58 Å². The van der Waals surface area contributed by atoms with E-state index in [9.17, 15) is 0 Å². The number of aromatic nitrogens is 2. The average molecular weight is 1280 g/mol. The molecule has 0 aliphatic heterocycles. The average Bonchev–Trinajstić information content (AvgIpc) is 1.38. The zero-order valence-corrected chi connectivity index (χ0v) is 56.4. The van der Waals surface area contributed by atoms with Crippen LogP contribution in [-0.2, 0) is 10.8 Å². The predicted octanol–water partition coefficient (Wildman–Crippen LogP) is 26.8. The van der Waals surface area contributed by atoms with E-state index in [2.05, 4.69) is 318 Å². The van der Waals surface area contributed by atoms with E-state index in [-0.39, 0.29) is 10.8 Å².